The average molecular weight is 176 g/mol. The first-order valence-corrected chi connectivity index (χ1v) is 3.83. The largest absolute Gasteiger partial charge is 0.467 e. The van der Waals surface area contributed by atoms with E-state index in [1.54, 1.807) is 13.8 Å². The van der Waals surface area contributed by atoms with Crippen LogP contribution >= 0.6 is 0 Å². The lowest BCUT2D eigenvalue weighted by Gasteiger charge is -2.28. The molecule has 0 amide bonds. The van der Waals surface area contributed by atoms with Crippen LogP contribution in [0.5, 0.6) is 0 Å². The Hall–Kier alpha value is -0.610. The second-order valence-corrected chi connectivity index (χ2v) is 3.33. The molecule has 0 aliphatic carbocycles. The topological polar surface area (TPSA) is 66.8 Å². The molecule has 0 aromatic rings. The Balaban J connectivity index is 4.48. The molecule has 0 saturated carbocycles. The van der Waals surface area contributed by atoms with Gasteiger partial charge in [-0.25, -0.2) is 4.79 Å². The van der Waals surface area contributed by atoms with Crippen LogP contribution in [0.4, 0.5) is 0 Å². The quantitative estimate of drug-likeness (QED) is 0.590. The Kier molecular flexibility index (Phi) is 3.67. The van der Waals surface area contributed by atoms with Gasteiger partial charge in [-0.15, -0.1) is 0 Å². The third-order valence-electron chi connectivity index (χ3n) is 1.81. The number of esters is 1. The molecule has 0 radical (unpaired) electrons. The molecule has 12 heavy (non-hydrogen) atoms. The first-order chi connectivity index (χ1) is 5.34. The van der Waals surface area contributed by atoms with E-state index in [4.69, 9.17) is 0 Å². The average Bonchev–Trinajstić information content (AvgIpc) is 2.01. The summed E-state index contributed by atoms with van der Waals surface area (Å²) in [5.74, 6) is -1.01. The molecular weight excluding hydrogens is 160 g/mol. The number of hydrogen-bond acceptors (Lipinski definition) is 4. The van der Waals surface area contributed by atoms with Crippen LogP contribution in [0.2, 0.25) is 0 Å². The van der Waals surface area contributed by atoms with E-state index in [1.165, 1.54) is 14.0 Å². The summed E-state index contributed by atoms with van der Waals surface area (Å²) in [5.41, 5.74) is -1.82. The Morgan fingerprint density at radius 1 is 1.50 bits per heavy atom. The van der Waals surface area contributed by atoms with Gasteiger partial charge in [0.2, 0.25) is 0 Å². The maximum Gasteiger partial charge on any atom is 0.340 e. The van der Waals surface area contributed by atoms with Gasteiger partial charge in [0, 0.05) is 0 Å². The van der Waals surface area contributed by atoms with Gasteiger partial charge in [0.1, 0.15) is 0 Å². The van der Waals surface area contributed by atoms with Crippen molar-refractivity contribution < 1.29 is 19.7 Å². The van der Waals surface area contributed by atoms with E-state index in [-0.39, 0.29) is 5.92 Å². The second kappa shape index (κ2) is 3.87. The SMILES string of the molecule is COC(=O)[C@](C)(O)[C@H](O)C(C)C. The summed E-state index contributed by atoms with van der Waals surface area (Å²) < 4.78 is 4.34. The zero-order chi connectivity index (χ0) is 9.94. The van der Waals surface area contributed by atoms with Crippen LogP contribution in [0, 0.1) is 5.92 Å². The van der Waals surface area contributed by atoms with E-state index in [2.05, 4.69) is 4.74 Å². The molecule has 2 N–H and O–H groups in total. The van der Waals surface area contributed by atoms with Crippen LogP contribution in [0.1, 0.15) is 20.8 Å². The predicted octanol–water partition coefficient (Wildman–Crippen LogP) is -0.0727. The Bertz CT molecular complexity index is 162. The maximum atomic E-state index is 10.9. The van der Waals surface area contributed by atoms with Crippen molar-refractivity contribution in [2.24, 2.45) is 5.92 Å². The van der Waals surface area contributed by atoms with Gasteiger partial charge in [0.25, 0.3) is 0 Å². The van der Waals surface area contributed by atoms with Crippen molar-refractivity contribution in [1.82, 2.24) is 0 Å². The molecule has 0 unspecified atom stereocenters. The lowest BCUT2D eigenvalue weighted by molar-refractivity contribution is -0.175. The van der Waals surface area contributed by atoms with E-state index in [0.29, 0.717) is 0 Å². The Morgan fingerprint density at radius 2 is 1.92 bits per heavy atom. The summed E-state index contributed by atoms with van der Waals surface area (Å²) in [6.45, 7) is 4.66. The van der Waals surface area contributed by atoms with Crippen LogP contribution in [0.25, 0.3) is 0 Å². The first-order valence-electron chi connectivity index (χ1n) is 3.83. The molecule has 4 heteroatoms. The van der Waals surface area contributed by atoms with Crippen molar-refractivity contribution in [3.8, 4) is 0 Å². The fraction of sp³-hybridized carbons (Fsp3) is 0.875. The standard InChI is InChI=1S/C8H16O4/c1-5(2)6(9)8(3,11)7(10)12-4/h5-6,9,11H,1-4H3/t6-,8-/m1/s1. The van der Waals surface area contributed by atoms with Crippen molar-refractivity contribution >= 4 is 5.97 Å². The molecule has 0 aromatic carbocycles. The number of aliphatic hydroxyl groups is 2. The highest BCUT2D eigenvalue weighted by Crippen LogP contribution is 2.18. The number of carbonyl (C=O) groups is 1. The zero-order valence-electron chi connectivity index (χ0n) is 7.87. The minimum Gasteiger partial charge on any atom is -0.467 e. The minimum atomic E-state index is -1.82. The van der Waals surface area contributed by atoms with Crippen LogP contribution < -0.4 is 0 Å². The molecule has 0 saturated heterocycles. The van der Waals surface area contributed by atoms with Gasteiger partial charge >= 0.3 is 5.97 Å². The summed E-state index contributed by atoms with van der Waals surface area (Å²) >= 11 is 0. The molecular formula is C8H16O4. The second-order valence-electron chi connectivity index (χ2n) is 3.33. The summed E-state index contributed by atoms with van der Waals surface area (Å²) in [4.78, 5) is 10.9. The highest BCUT2D eigenvalue weighted by molar-refractivity contribution is 5.79. The molecule has 0 spiro atoms. The van der Waals surface area contributed by atoms with Crippen LogP contribution in [-0.2, 0) is 9.53 Å². The van der Waals surface area contributed by atoms with Gasteiger partial charge in [-0.1, -0.05) is 13.8 Å². The highest BCUT2D eigenvalue weighted by Gasteiger charge is 2.40. The number of ether oxygens (including phenoxy) is 1. The Labute approximate surface area is 72.2 Å². The highest BCUT2D eigenvalue weighted by atomic mass is 16.5. The van der Waals surface area contributed by atoms with Gasteiger partial charge in [0.05, 0.1) is 13.2 Å². The molecule has 0 aromatic heterocycles. The van der Waals surface area contributed by atoms with Crippen molar-refractivity contribution in [2.75, 3.05) is 7.11 Å². The van der Waals surface area contributed by atoms with Gasteiger partial charge in [0.15, 0.2) is 5.60 Å². The van der Waals surface area contributed by atoms with Crippen LogP contribution in [0.3, 0.4) is 0 Å². The maximum absolute atomic E-state index is 10.9. The lowest BCUT2D eigenvalue weighted by atomic mass is 9.91. The van der Waals surface area contributed by atoms with Crippen molar-refractivity contribution in [3.63, 3.8) is 0 Å². The van der Waals surface area contributed by atoms with Gasteiger partial charge < -0.3 is 14.9 Å². The monoisotopic (exact) mass is 176 g/mol. The molecule has 2 atom stereocenters. The number of carbonyl (C=O) groups excluding carboxylic acids is 1. The first kappa shape index (κ1) is 11.4. The normalized spacial score (nSPS) is 18.6. The van der Waals surface area contributed by atoms with Crippen molar-refractivity contribution in [1.29, 1.82) is 0 Å². The van der Waals surface area contributed by atoms with E-state index in [0.717, 1.165) is 0 Å². The summed E-state index contributed by atoms with van der Waals surface area (Å²) in [6.07, 6.45) is -1.11. The molecule has 0 rings (SSSR count). The molecule has 0 bridgehead atoms. The summed E-state index contributed by atoms with van der Waals surface area (Å²) in [7, 11) is 1.17. The third-order valence-corrected chi connectivity index (χ3v) is 1.81. The molecule has 4 nitrogen and oxygen atoms in total. The molecule has 0 aliphatic rings. The van der Waals surface area contributed by atoms with E-state index in [9.17, 15) is 15.0 Å². The summed E-state index contributed by atoms with van der Waals surface area (Å²) in [6, 6.07) is 0. The number of hydrogen-bond donors (Lipinski definition) is 2. The van der Waals surface area contributed by atoms with Gasteiger partial charge in [-0.3, -0.25) is 0 Å². The van der Waals surface area contributed by atoms with E-state index in [1.807, 2.05) is 0 Å². The van der Waals surface area contributed by atoms with Gasteiger partial charge in [-0.05, 0) is 12.8 Å². The molecule has 0 fully saturated rings. The van der Waals surface area contributed by atoms with Gasteiger partial charge in [-0.2, -0.15) is 0 Å². The molecule has 0 heterocycles. The number of methoxy groups -OCH3 is 1. The Morgan fingerprint density at radius 3 is 2.17 bits per heavy atom. The molecule has 0 aliphatic heterocycles. The van der Waals surface area contributed by atoms with E-state index < -0.39 is 17.7 Å². The smallest absolute Gasteiger partial charge is 0.340 e. The fourth-order valence-corrected chi connectivity index (χ4v) is 0.976. The fourth-order valence-electron chi connectivity index (χ4n) is 0.976. The lowest BCUT2D eigenvalue weighted by Crippen LogP contribution is -2.49. The number of aliphatic hydroxyl groups excluding tert-OH is 1. The third kappa shape index (κ3) is 2.19. The number of rotatable bonds is 3. The molecule has 72 valence electrons. The minimum absolute atomic E-state index is 0.195. The van der Waals surface area contributed by atoms with Crippen molar-refractivity contribution in [2.45, 2.75) is 32.5 Å². The van der Waals surface area contributed by atoms with Crippen molar-refractivity contribution in [3.05, 3.63) is 0 Å². The van der Waals surface area contributed by atoms with Crippen LogP contribution in [-0.4, -0.2) is 35.0 Å². The predicted molar refractivity (Wildman–Crippen MR) is 43.5 cm³/mol. The summed E-state index contributed by atoms with van der Waals surface area (Å²) in [5, 5.41) is 18.9. The van der Waals surface area contributed by atoms with Crippen LogP contribution in [0.15, 0.2) is 0 Å². The zero-order valence-corrected chi connectivity index (χ0v) is 7.87. The van der Waals surface area contributed by atoms with E-state index >= 15 is 0 Å².